The second-order valence-electron chi connectivity index (χ2n) is 7.63. The molecule has 2 aliphatic heterocycles. The Morgan fingerprint density at radius 3 is 2.68 bits per heavy atom. The van der Waals surface area contributed by atoms with Crippen molar-refractivity contribution in [2.75, 3.05) is 36.0 Å². The van der Waals surface area contributed by atoms with Gasteiger partial charge in [0.25, 0.3) is 5.56 Å². The highest BCUT2D eigenvalue weighted by atomic mass is 19.4. The van der Waals surface area contributed by atoms with Crippen LogP contribution in [0.5, 0.6) is 0 Å². The lowest BCUT2D eigenvalue weighted by atomic mass is 10.1. The summed E-state index contributed by atoms with van der Waals surface area (Å²) >= 11 is 0. The number of aromatic nitrogens is 2. The zero-order valence-corrected chi connectivity index (χ0v) is 16.2. The summed E-state index contributed by atoms with van der Waals surface area (Å²) in [7, 11) is 0. The van der Waals surface area contributed by atoms with Crippen LogP contribution in [0.1, 0.15) is 27.2 Å². The van der Waals surface area contributed by atoms with Crippen LogP contribution in [0, 0.1) is 5.92 Å². The molecule has 1 saturated heterocycles. The second kappa shape index (κ2) is 7.73. The van der Waals surface area contributed by atoms with Gasteiger partial charge in [0.2, 0.25) is 5.95 Å². The Labute approximate surface area is 161 Å². The zero-order chi connectivity index (χ0) is 20.6. The molecule has 0 bridgehead atoms. The summed E-state index contributed by atoms with van der Waals surface area (Å²) in [5.74, 6) is -0.526. The maximum atomic E-state index is 13.6. The Morgan fingerprint density at radius 1 is 1.36 bits per heavy atom. The van der Waals surface area contributed by atoms with Crippen LogP contribution in [-0.4, -0.2) is 59.9 Å². The summed E-state index contributed by atoms with van der Waals surface area (Å²) in [6.07, 6.45) is -4.89. The lowest BCUT2D eigenvalue weighted by molar-refractivity contribution is -0.153. The molecule has 0 radical (unpaired) electrons. The quantitative estimate of drug-likeness (QED) is 0.766. The first-order valence-electron chi connectivity index (χ1n) is 9.42. The molecular formula is C18H25F3N4O3. The van der Waals surface area contributed by atoms with E-state index in [1.54, 1.807) is 13.8 Å². The number of alkyl halides is 3. The first-order valence-corrected chi connectivity index (χ1v) is 9.42. The second-order valence-corrected chi connectivity index (χ2v) is 7.63. The number of anilines is 2. The van der Waals surface area contributed by atoms with E-state index in [2.05, 4.69) is 4.98 Å². The molecule has 28 heavy (non-hydrogen) atoms. The lowest BCUT2D eigenvalue weighted by Crippen LogP contribution is -2.54. The van der Waals surface area contributed by atoms with Crippen LogP contribution in [0.15, 0.2) is 10.9 Å². The van der Waals surface area contributed by atoms with Crippen molar-refractivity contribution < 1.29 is 22.7 Å². The smallest absolute Gasteiger partial charge is 0.375 e. The van der Waals surface area contributed by atoms with Crippen LogP contribution in [0.25, 0.3) is 0 Å². The Morgan fingerprint density at radius 2 is 2.07 bits per heavy atom. The largest absolute Gasteiger partial charge is 0.408 e. The molecule has 3 rings (SSSR count). The van der Waals surface area contributed by atoms with Crippen LogP contribution in [0.4, 0.5) is 24.9 Å². The highest BCUT2D eigenvalue weighted by Gasteiger charge is 2.47. The highest BCUT2D eigenvalue weighted by molar-refractivity contribution is 5.85. The molecule has 156 valence electrons. The van der Waals surface area contributed by atoms with Crippen molar-refractivity contribution in [2.45, 2.75) is 52.1 Å². The number of rotatable bonds is 4. The number of nitrogens with zero attached hydrogens (tertiary/aromatic N) is 4. The third-order valence-corrected chi connectivity index (χ3v) is 5.15. The van der Waals surface area contributed by atoms with Crippen molar-refractivity contribution >= 4 is 17.5 Å². The van der Waals surface area contributed by atoms with E-state index in [9.17, 15) is 22.8 Å². The predicted octanol–water partition coefficient (Wildman–Crippen LogP) is 1.83. The molecule has 1 aromatic rings. The molecule has 1 unspecified atom stereocenters. The van der Waals surface area contributed by atoms with E-state index in [1.165, 1.54) is 10.6 Å². The fraction of sp³-hybridized carbons (Fsp3) is 0.722. The fourth-order valence-electron chi connectivity index (χ4n) is 3.52. The van der Waals surface area contributed by atoms with E-state index in [4.69, 9.17) is 4.74 Å². The number of ketones is 1. The molecule has 0 amide bonds. The van der Waals surface area contributed by atoms with Gasteiger partial charge in [0.1, 0.15) is 11.9 Å². The van der Waals surface area contributed by atoms with Gasteiger partial charge in [-0.2, -0.15) is 18.2 Å². The summed E-state index contributed by atoms with van der Waals surface area (Å²) < 4.78 is 47.6. The molecule has 0 aliphatic carbocycles. The van der Waals surface area contributed by atoms with Crippen molar-refractivity contribution in [2.24, 2.45) is 5.92 Å². The number of carbonyl (C=O) groups excluding carboxylic acids is 1. The van der Waals surface area contributed by atoms with Crippen molar-refractivity contribution in [3.8, 4) is 0 Å². The molecule has 0 saturated carbocycles. The van der Waals surface area contributed by atoms with Crippen molar-refractivity contribution in [3.63, 3.8) is 0 Å². The minimum absolute atomic E-state index is 0.0733. The number of hydrogen-bond donors (Lipinski definition) is 0. The summed E-state index contributed by atoms with van der Waals surface area (Å²) in [4.78, 5) is 32.0. The van der Waals surface area contributed by atoms with Gasteiger partial charge < -0.3 is 14.5 Å². The zero-order valence-electron chi connectivity index (χ0n) is 16.2. The summed E-state index contributed by atoms with van der Waals surface area (Å²) in [6.45, 7) is 6.07. The van der Waals surface area contributed by atoms with E-state index in [0.717, 1.165) is 4.90 Å². The monoisotopic (exact) mass is 402 g/mol. The number of morpholine rings is 1. The number of fused-ring (bicyclic) bond motifs is 1. The van der Waals surface area contributed by atoms with Crippen molar-refractivity contribution in [3.05, 3.63) is 16.4 Å². The molecule has 0 spiro atoms. The summed E-state index contributed by atoms with van der Waals surface area (Å²) in [5, 5.41) is 0. The summed E-state index contributed by atoms with van der Waals surface area (Å²) in [5.41, 5.74) is -0.415. The molecule has 2 aliphatic rings. The normalized spacial score (nSPS) is 23.1. The topological polar surface area (TPSA) is 67.7 Å². The Hall–Kier alpha value is -2.10. The first kappa shape index (κ1) is 20.6. The number of ether oxygens (including phenoxy) is 1. The lowest BCUT2D eigenvalue weighted by Gasteiger charge is -2.39. The minimum atomic E-state index is -4.52. The molecule has 7 nitrogen and oxygen atoms in total. The van der Waals surface area contributed by atoms with E-state index >= 15 is 0 Å². The van der Waals surface area contributed by atoms with Gasteiger partial charge in [-0.05, 0) is 13.3 Å². The van der Waals surface area contributed by atoms with E-state index in [1.807, 2.05) is 11.8 Å². The molecule has 0 aromatic carbocycles. The van der Waals surface area contributed by atoms with Crippen molar-refractivity contribution in [1.82, 2.24) is 9.55 Å². The van der Waals surface area contributed by atoms with Gasteiger partial charge in [0.05, 0.1) is 19.3 Å². The number of carbonyl (C=O) groups is 1. The van der Waals surface area contributed by atoms with Gasteiger partial charge in [-0.1, -0.05) is 13.8 Å². The molecule has 10 heteroatoms. The minimum Gasteiger partial charge on any atom is -0.375 e. The molecule has 2 atom stereocenters. The number of halogens is 3. The Balaban J connectivity index is 2.04. The first-order chi connectivity index (χ1) is 13.1. The van der Waals surface area contributed by atoms with Gasteiger partial charge >= 0.3 is 6.18 Å². The number of Topliss-reactive ketones (excluding diaryl/α,β-unsaturated/α-hetero) is 1. The molecule has 3 heterocycles. The SMILES string of the molecule is CC(C)C(=O)CN1c2nc(N3CCO[C@@H](C)C3)cc(=O)n2CCC1C(F)(F)F. The van der Waals surface area contributed by atoms with E-state index < -0.39 is 30.2 Å². The van der Waals surface area contributed by atoms with E-state index in [-0.39, 0.29) is 30.8 Å². The van der Waals surface area contributed by atoms with Crippen molar-refractivity contribution in [1.29, 1.82) is 0 Å². The van der Waals surface area contributed by atoms with Gasteiger partial charge in [-0.25, -0.2) is 0 Å². The summed E-state index contributed by atoms with van der Waals surface area (Å²) in [6, 6.07) is -0.501. The third kappa shape index (κ3) is 4.16. The van der Waals surface area contributed by atoms with Crippen LogP contribution < -0.4 is 15.4 Å². The molecule has 1 aromatic heterocycles. The average Bonchev–Trinajstić information content (AvgIpc) is 2.60. The van der Waals surface area contributed by atoms with Crippen LogP contribution in [0.2, 0.25) is 0 Å². The highest BCUT2D eigenvalue weighted by Crippen LogP contribution is 2.34. The molecule has 1 fully saturated rings. The van der Waals surface area contributed by atoms with Gasteiger partial charge in [0.15, 0.2) is 5.78 Å². The predicted molar refractivity (Wildman–Crippen MR) is 97.8 cm³/mol. The van der Waals surface area contributed by atoms with E-state index in [0.29, 0.717) is 25.5 Å². The maximum absolute atomic E-state index is 13.6. The molecular weight excluding hydrogens is 377 g/mol. The van der Waals surface area contributed by atoms with Crippen LogP contribution in [0.3, 0.4) is 0 Å². The third-order valence-electron chi connectivity index (χ3n) is 5.15. The van der Waals surface area contributed by atoms with Gasteiger partial charge in [-0.3, -0.25) is 14.2 Å². The fourth-order valence-corrected chi connectivity index (χ4v) is 3.52. The number of hydrogen-bond acceptors (Lipinski definition) is 6. The standard InChI is InChI=1S/C18H25F3N4O3/c1-11(2)13(26)10-25-14(18(19,20)21)4-5-24-16(27)8-15(22-17(24)25)23-6-7-28-12(3)9-23/h8,11-12,14H,4-7,9-10H2,1-3H3/t12-,14?/m0/s1. The average molecular weight is 402 g/mol. The van der Waals surface area contributed by atoms with Crippen LogP contribution >= 0.6 is 0 Å². The van der Waals surface area contributed by atoms with Gasteiger partial charge in [0, 0.05) is 31.6 Å². The van der Waals surface area contributed by atoms with Crippen LogP contribution in [-0.2, 0) is 16.1 Å². The van der Waals surface area contributed by atoms with Gasteiger partial charge in [-0.15, -0.1) is 0 Å². The Bertz CT molecular complexity index is 793. The molecule has 0 N–H and O–H groups in total. The Kier molecular flexibility index (Phi) is 5.69. The maximum Gasteiger partial charge on any atom is 0.408 e.